The van der Waals surface area contributed by atoms with E-state index >= 15 is 0 Å². The molecule has 0 aliphatic carbocycles. The summed E-state index contributed by atoms with van der Waals surface area (Å²) in [6, 6.07) is 5.89. The van der Waals surface area contributed by atoms with Crippen LogP contribution in [0.15, 0.2) is 18.2 Å². The summed E-state index contributed by atoms with van der Waals surface area (Å²) in [6.07, 6.45) is 0.841. The number of primary amides is 1. The molecule has 2 rings (SSSR count). The minimum atomic E-state index is -0.206. The molecule has 1 saturated heterocycles. The quantitative estimate of drug-likeness (QED) is 0.858. The molecule has 1 atom stereocenters. The van der Waals surface area contributed by atoms with Gasteiger partial charge in [-0.1, -0.05) is 23.7 Å². The van der Waals surface area contributed by atoms with Crippen LogP contribution < -0.4 is 11.5 Å². The second-order valence-electron chi connectivity index (χ2n) is 4.75. The molecular weight excluding hydrogens is 250 g/mol. The predicted molar refractivity (Wildman–Crippen MR) is 71.9 cm³/mol. The average Bonchev–Trinajstić information content (AvgIpc) is 2.80. The minimum Gasteiger partial charge on any atom is -0.369 e. The van der Waals surface area contributed by atoms with E-state index in [-0.39, 0.29) is 11.8 Å². The van der Waals surface area contributed by atoms with Crippen molar-refractivity contribution in [3.05, 3.63) is 34.3 Å². The van der Waals surface area contributed by atoms with Crippen LogP contribution in [0.2, 0.25) is 5.02 Å². The zero-order valence-corrected chi connectivity index (χ0v) is 11.0. The van der Waals surface area contributed by atoms with Crippen LogP contribution in [0.3, 0.4) is 0 Å². The molecule has 1 fully saturated rings. The van der Waals surface area contributed by atoms with Crippen molar-refractivity contribution in [1.29, 1.82) is 0 Å². The lowest BCUT2D eigenvalue weighted by Gasteiger charge is -2.16. The first-order valence-corrected chi connectivity index (χ1v) is 6.47. The molecule has 1 aromatic carbocycles. The summed E-state index contributed by atoms with van der Waals surface area (Å²) < 4.78 is 0. The van der Waals surface area contributed by atoms with Gasteiger partial charge in [-0.05, 0) is 30.2 Å². The van der Waals surface area contributed by atoms with Gasteiger partial charge in [0.1, 0.15) is 0 Å². The Kier molecular flexibility index (Phi) is 4.22. The molecule has 4 N–H and O–H groups in total. The summed E-state index contributed by atoms with van der Waals surface area (Å²) >= 11 is 6.21. The molecule has 1 aliphatic rings. The second-order valence-corrected chi connectivity index (χ2v) is 5.16. The van der Waals surface area contributed by atoms with Crippen molar-refractivity contribution in [3.8, 4) is 0 Å². The van der Waals surface area contributed by atoms with Gasteiger partial charge in [0.25, 0.3) is 0 Å². The number of amides is 1. The van der Waals surface area contributed by atoms with Crippen LogP contribution in [-0.4, -0.2) is 23.9 Å². The fourth-order valence-corrected chi connectivity index (χ4v) is 2.56. The highest BCUT2D eigenvalue weighted by molar-refractivity contribution is 6.31. The van der Waals surface area contributed by atoms with E-state index in [9.17, 15) is 4.79 Å². The van der Waals surface area contributed by atoms with Gasteiger partial charge >= 0.3 is 0 Å². The van der Waals surface area contributed by atoms with Crippen LogP contribution in [-0.2, 0) is 17.9 Å². The number of rotatable bonds is 4. The number of hydrogen-bond donors (Lipinski definition) is 2. The van der Waals surface area contributed by atoms with Crippen LogP contribution in [0.4, 0.5) is 0 Å². The fraction of sp³-hybridized carbons (Fsp3) is 0.462. The van der Waals surface area contributed by atoms with Crippen LogP contribution in [0.1, 0.15) is 17.5 Å². The highest BCUT2D eigenvalue weighted by atomic mass is 35.5. The van der Waals surface area contributed by atoms with E-state index in [2.05, 4.69) is 4.90 Å². The van der Waals surface area contributed by atoms with Gasteiger partial charge in [0.2, 0.25) is 5.91 Å². The third-order valence-corrected chi connectivity index (χ3v) is 3.77. The van der Waals surface area contributed by atoms with Gasteiger partial charge < -0.3 is 11.5 Å². The zero-order valence-electron chi connectivity index (χ0n) is 10.2. The van der Waals surface area contributed by atoms with Gasteiger partial charge in [-0.25, -0.2) is 0 Å². The first kappa shape index (κ1) is 13.3. The Balaban J connectivity index is 2.00. The van der Waals surface area contributed by atoms with Crippen molar-refractivity contribution in [3.63, 3.8) is 0 Å². The summed E-state index contributed by atoms with van der Waals surface area (Å²) in [6.45, 7) is 2.87. The molecule has 1 heterocycles. The highest BCUT2D eigenvalue weighted by Gasteiger charge is 2.26. The largest absolute Gasteiger partial charge is 0.369 e. The van der Waals surface area contributed by atoms with E-state index in [1.807, 2.05) is 18.2 Å². The smallest absolute Gasteiger partial charge is 0.221 e. The lowest BCUT2D eigenvalue weighted by atomic mass is 10.1. The van der Waals surface area contributed by atoms with E-state index in [1.165, 1.54) is 0 Å². The maximum atomic E-state index is 11.1. The van der Waals surface area contributed by atoms with E-state index in [0.29, 0.717) is 6.54 Å². The van der Waals surface area contributed by atoms with Crippen LogP contribution in [0, 0.1) is 5.92 Å². The van der Waals surface area contributed by atoms with Crippen LogP contribution in [0.25, 0.3) is 0 Å². The molecule has 1 aromatic rings. The Labute approximate surface area is 112 Å². The SMILES string of the molecule is NCc1ccc(CN2CCC(C(N)=O)C2)c(Cl)c1. The molecule has 0 aromatic heterocycles. The molecular formula is C13H18ClN3O. The third kappa shape index (κ3) is 3.02. The highest BCUT2D eigenvalue weighted by Crippen LogP contribution is 2.23. The third-order valence-electron chi connectivity index (χ3n) is 3.42. The molecule has 4 nitrogen and oxygen atoms in total. The number of likely N-dealkylation sites (tertiary alicyclic amines) is 1. The second kappa shape index (κ2) is 5.69. The predicted octanol–water partition coefficient (Wildman–Crippen LogP) is 1.11. The summed E-state index contributed by atoms with van der Waals surface area (Å²) in [7, 11) is 0. The Hall–Kier alpha value is -1.10. The van der Waals surface area contributed by atoms with Crippen molar-refractivity contribution < 1.29 is 4.79 Å². The normalized spacial score (nSPS) is 20.2. The monoisotopic (exact) mass is 267 g/mol. The number of carbonyl (C=O) groups excluding carboxylic acids is 1. The number of hydrogen-bond acceptors (Lipinski definition) is 3. The first-order valence-electron chi connectivity index (χ1n) is 6.09. The first-order chi connectivity index (χ1) is 8.60. The molecule has 18 heavy (non-hydrogen) atoms. The van der Waals surface area contributed by atoms with E-state index in [4.69, 9.17) is 23.1 Å². The molecule has 1 aliphatic heterocycles. The maximum Gasteiger partial charge on any atom is 0.221 e. The van der Waals surface area contributed by atoms with Crippen molar-refractivity contribution in [2.75, 3.05) is 13.1 Å². The molecule has 5 heteroatoms. The molecule has 1 amide bonds. The number of carbonyl (C=O) groups is 1. The molecule has 98 valence electrons. The molecule has 1 unspecified atom stereocenters. The van der Waals surface area contributed by atoms with Crippen LogP contribution in [0.5, 0.6) is 0 Å². The van der Waals surface area contributed by atoms with Crippen molar-refractivity contribution in [1.82, 2.24) is 4.90 Å². The minimum absolute atomic E-state index is 0.0212. The maximum absolute atomic E-state index is 11.1. The number of benzene rings is 1. The number of nitrogens with two attached hydrogens (primary N) is 2. The number of halogens is 1. The van der Waals surface area contributed by atoms with E-state index in [1.54, 1.807) is 0 Å². The van der Waals surface area contributed by atoms with E-state index < -0.39 is 0 Å². The van der Waals surface area contributed by atoms with Crippen molar-refractivity contribution in [2.24, 2.45) is 17.4 Å². The van der Waals surface area contributed by atoms with Gasteiger partial charge in [0.15, 0.2) is 0 Å². The summed E-state index contributed by atoms with van der Waals surface area (Å²) in [5.74, 6) is -0.228. The molecule has 0 saturated carbocycles. The molecule has 0 bridgehead atoms. The van der Waals surface area contributed by atoms with Crippen LogP contribution >= 0.6 is 11.6 Å². The topological polar surface area (TPSA) is 72.3 Å². The number of nitrogens with zero attached hydrogens (tertiary/aromatic N) is 1. The van der Waals surface area contributed by atoms with Gasteiger partial charge in [0, 0.05) is 24.7 Å². The Morgan fingerprint density at radius 1 is 1.50 bits per heavy atom. The van der Waals surface area contributed by atoms with Gasteiger partial charge in [-0.3, -0.25) is 9.69 Å². The standard InChI is InChI=1S/C13H18ClN3O/c14-12-5-9(6-15)1-2-10(12)7-17-4-3-11(8-17)13(16)18/h1-2,5,11H,3-4,6-8,15H2,(H2,16,18). The Morgan fingerprint density at radius 3 is 2.83 bits per heavy atom. The molecule has 0 spiro atoms. The van der Waals surface area contributed by atoms with Gasteiger partial charge in [-0.2, -0.15) is 0 Å². The molecule has 0 radical (unpaired) electrons. The lowest BCUT2D eigenvalue weighted by molar-refractivity contribution is -0.121. The van der Waals surface area contributed by atoms with Gasteiger partial charge in [-0.15, -0.1) is 0 Å². The summed E-state index contributed by atoms with van der Waals surface area (Å²) in [5, 5.41) is 0.737. The zero-order chi connectivity index (χ0) is 13.1. The Bertz CT molecular complexity index is 450. The fourth-order valence-electron chi connectivity index (χ4n) is 2.30. The summed E-state index contributed by atoms with van der Waals surface area (Å²) in [4.78, 5) is 13.3. The lowest BCUT2D eigenvalue weighted by Crippen LogP contribution is -2.27. The summed E-state index contributed by atoms with van der Waals surface area (Å²) in [5.41, 5.74) is 13.0. The Morgan fingerprint density at radius 2 is 2.28 bits per heavy atom. The van der Waals surface area contributed by atoms with E-state index in [0.717, 1.165) is 42.2 Å². The van der Waals surface area contributed by atoms with Crippen molar-refractivity contribution >= 4 is 17.5 Å². The average molecular weight is 268 g/mol. The van der Waals surface area contributed by atoms with Crippen molar-refractivity contribution in [2.45, 2.75) is 19.5 Å². The van der Waals surface area contributed by atoms with Gasteiger partial charge in [0.05, 0.1) is 5.92 Å².